The molecule has 1 aliphatic rings. The van der Waals surface area contributed by atoms with E-state index in [1.807, 2.05) is 0 Å². The summed E-state index contributed by atoms with van der Waals surface area (Å²) >= 11 is 0. The van der Waals surface area contributed by atoms with Crippen molar-refractivity contribution in [2.24, 2.45) is 11.8 Å². The zero-order valence-electron chi connectivity index (χ0n) is 15.1. The molecule has 0 aromatic carbocycles. The number of unbranched alkanes of at least 4 members (excludes halogenated alkanes) is 4. The van der Waals surface area contributed by atoms with E-state index in [2.05, 4.69) is 13.0 Å². The van der Waals surface area contributed by atoms with Gasteiger partial charge in [-0.1, -0.05) is 51.5 Å². The molecule has 0 aromatic rings. The summed E-state index contributed by atoms with van der Waals surface area (Å²) < 4.78 is 0. The van der Waals surface area contributed by atoms with E-state index in [0.29, 0.717) is 5.92 Å². The Morgan fingerprint density at radius 1 is 1.08 bits per heavy atom. The van der Waals surface area contributed by atoms with Gasteiger partial charge < -0.3 is 10.2 Å². The van der Waals surface area contributed by atoms with Gasteiger partial charge in [-0.15, -0.1) is 0 Å². The molecule has 1 aliphatic carbocycles. The molecule has 4 nitrogen and oxygen atoms in total. The lowest BCUT2D eigenvalue weighted by Gasteiger charge is -2.18. The maximum atomic E-state index is 12.0. The molecule has 1 unspecified atom stereocenters. The summed E-state index contributed by atoms with van der Waals surface area (Å²) in [6.07, 6.45) is 14.4. The van der Waals surface area contributed by atoms with Gasteiger partial charge in [0.05, 0.1) is 6.10 Å². The van der Waals surface area contributed by atoms with Crippen LogP contribution in [0.2, 0.25) is 0 Å². The first-order valence-corrected chi connectivity index (χ1v) is 9.66. The average molecular weight is 338 g/mol. The topological polar surface area (TPSA) is 74.6 Å². The van der Waals surface area contributed by atoms with Crippen LogP contribution < -0.4 is 0 Å². The molecule has 0 saturated carbocycles. The van der Waals surface area contributed by atoms with Crippen LogP contribution in [0.4, 0.5) is 0 Å². The first kappa shape index (κ1) is 20.9. The van der Waals surface area contributed by atoms with Gasteiger partial charge in [-0.05, 0) is 44.1 Å². The molecule has 3 atom stereocenters. The Labute approximate surface area is 146 Å². The largest absolute Gasteiger partial charge is 0.481 e. The number of carbonyl (C=O) groups is 2. The molecule has 0 aliphatic heterocycles. The third kappa shape index (κ3) is 8.62. The van der Waals surface area contributed by atoms with Gasteiger partial charge in [0.15, 0.2) is 5.78 Å². The Bertz CT molecular complexity index is 402. The number of hydrogen-bond acceptors (Lipinski definition) is 3. The zero-order chi connectivity index (χ0) is 17.8. The minimum atomic E-state index is -0.728. The smallest absolute Gasteiger partial charge is 0.303 e. The van der Waals surface area contributed by atoms with Gasteiger partial charge >= 0.3 is 5.97 Å². The molecule has 0 aromatic heterocycles. The number of hydrogen-bond donors (Lipinski definition) is 2. The van der Waals surface area contributed by atoms with E-state index in [4.69, 9.17) is 5.11 Å². The van der Waals surface area contributed by atoms with Crippen LogP contribution in [0, 0.1) is 11.8 Å². The van der Waals surface area contributed by atoms with Gasteiger partial charge in [0.1, 0.15) is 0 Å². The van der Waals surface area contributed by atoms with Gasteiger partial charge in [0, 0.05) is 12.3 Å². The van der Waals surface area contributed by atoms with Crippen LogP contribution in [-0.4, -0.2) is 28.1 Å². The van der Waals surface area contributed by atoms with Crippen LogP contribution in [0.3, 0.4) is 0 Å². The molecule has 1 rings (SSSR count). The highest BCUT2D eigenvalue weighted by molar-refractivity contribution is 5.94. The van der Waals surface area contributed by atoms with E-state index < -0.39 is 5.97 Å². The highest BCUT2D eigenvalue weighted by Gasteiger charge is 2.28. The fraction of sp³-hybridized carbons (Fsp3) is 0.800. The van der Waals surface area contributed by atoms with Crippen LogP contribution in [-0.2, 0) is 9.59 Å². The normalized spacial score (nSPS) is 21.3. The second kappa shape index (κ2) is 12.2. The first-order chi connectivity index (χ1) is 11.5. The number of aliphatic carboxylic acids is 1. The van der Waals surface area contributed by atoms with Crippen molar-refractivity contribution >= 4 is 11.8 Å². The van der Waals surface area contributed by atoms with Crippen molar-refractivity contribution < 1.29 is 19.8 Å². The number of carboxylic acids is 1. The molecule has 2 N–H and O–H groups in total. The maximum absolute atomic E-state index is 12.0. The molecule has 4 heteroatoms. The molecule has 0 bridgehead atoms. The third-order valence-electron chi connectivity index (χ3n) is 4.99. The van der Waals surface area contributed by atoms with Gasteiger partial charge in [-0.3, -0.25) is 9.59 Å². The van der Waals surface area contributed by atoms with Crippen LogP contribution in [0.25, 0.3) is 0 Å². The fourth-order valence-corrected chi connectivity index (χ4v) is 3.57. The lowest BCUT2D eigenvalue weighted by atomic mass is 9.85. The molecular weight excluding hydrogens is 304 g/mol. The van der Waals surface area contributed by atoms with Crippen molar-refractivity contribution in [3.8, 4) is 0 Å². The highest BCUT2D eigenvalue weighted by Crippen LogP contribution is 2.31. The molecule has 0 saturated heterocycles. The maximum Gasteiger partial charge on any atom is 0.303 e. The molecule has 0 fully saturated rings. The predicted octanol–water partition coefficient (Wildman–Crippen LogP) is 4.50. The summed E-state index contributed by atoms with van der Waals surface area (Å²) in [6.45, 7) is 2.09. The first-order valence-electron chi connectivity index (χ1n) is 9.66. The molecular formula is C20H34O4. The van der Waals surface area contributed by atoms with Gasteiger partial charge in [0.25, 0.3) is 0 Å². The highest BCUT2D eigenvalue weighted by atomic mass is 16.4. The van der Waals surface area contributed by atoms with Crippen molar-refractivity contribution in [1.82, 2.24) is 0 Å². The van der Waals surface area contributed by atoms with Crippen LogP contribution in [0.15, 0.2) is 12.2 Å². The van der Waals surface area contributed by atoms with Gasteiger partial charge in [-0.25, -0.2) is 0 Å². The number of rotatable bonds is 14. The van der Waals surface area contributed by atoms with E-state index in [1.54, 1.807) is 6.08 Å². The Morgan fingerprint density at radius 2 is 1.79 bits per heavy atom. The fourth-order valence-electron chi connectivity index (χ4n) is 3.57. The van der Waals surface area contributed by atoms with Crippen molar-refractivity contribution in [2.75, 3.05) is 0 Å². The lowest BCUT2D eigenvalue weighted by Crippen LogP contribution is -2.16. The summed E-state index contributed by atoms with van der Waals surface area (Å²) in [5.74, 6) is 0.0238. The second-order valence-electron chi connectivity index (χ2n) is 7.11. The summed E-state index contributed by atoms with van der Waals surface area (Å²) in [5.41, 5.74) is 0. The quantitative estimate of drug-likeness (QED) is 0.457. The average Bonchev–Trinajstić information content (AvgIpc) is 2.88. The Balaban J connectivity index is 2.16. The predicted molar refractivity (Wildman–Crippen MR) is 95.8 cm³/mol. The minimum Gasteiger partial charge on any atom is -0.481 e. The third-order valence-corrected chi connectivity index (χ3v) is 4.99. The van der Waals surface area contributed by atoms with E-state index in [-0.39, 0.29) is 24.2 Å². The monoisotopic (exact) mass is 338 g/mol. The van der Waals surface area contributed by atoms with E-state index in [1.165, 1.54) is 0 Å². The van der Waals surface area contributed by atoms with Crippen molar-refractivity contribution in [1.29, 1.82) is 0 Å². The SMILES string of the molecule is CCCC(O)CCCC[C@H]1C=CC(=O)[C@@H]1CCCCCCC(=O)O. The van der Waals surface area contributed by atoms with E-state index >= 15 is 0 Å². The number of allylic oxidation sites excluding steroid dienone is 2. The molecule has 0 heterocycles. The zero-order valence-corrected chi connectivity index (χ0v) is 15.1. The van der Waals surface area contributed by atoms with E-state index in [0.717, 1.165) is 70.6 Å². The molecule has 0 radical (unpaired) electrons. The summed E-state index contributed by atoms with van der Waals surface area (Å²) in [4.78, 5) is 22.5. The Kier molecular flexibility index (Phi) is 10.6. The summed E-state index contributed by atoms with van der Waals surface area (Å²) in [5, 5.41) is 18.4. The standard InChI is InChI=1S/C20H34O4/c1-2-9-17(21)11-8-7-10-16-14-15-19(22)18(16)12-5-3-4-6-13-20(23)24/h14-18,21H,2-13H2,1H3,(H,23,24)/t16-,17?,18+/m0/s1. The molecule has 0 spiro atoms. The van der Waals surface area contributed by atoms with Gasteiger partial charge in [-0.2, -0.15) is 0 Å². The summed E-state index contributed by atoms with van der Waals surface area (Å²) in [6, 6.07) is 0. The number of carboxylic acid groups (broad SMARTS) is 1. The van der Waals surface area contributed by atoms with E-state index in [9.17, 15) is 14.7 Å². The Morgan fingerprint density at radius 3 is 2.50 bits per heavy atom. The second-order valence-corrected chi connectivity index (χ2v) is 7.11. The van der Waals surface area contributed by atoms with Crippen LogP contribution in [0.5, 0.6) is 0 Å². The molecule has 0 amide bonds. The van der Waals surface area contributed by atoms with Crippen LogP contribution in [0.1, 0.15) is 84.0 Å². The van der Waals surface area contributed by atoms with Crippen molar-refractivity contribution in [2.45, 2.75) is 90.1 Å². The summed E-state index contributed by atoms with van der Waals surface area (Å²) in [7, 11) is 0. The van der Waals surface area contributed by atoms with Crippen molar-refractivity contribution in [3.63, 3.8) is 0 Å². The number of aliphatic hydroxyl groups excluding tert-OH is 1. The number of aliphatic hydroxyl groups is 1. The van der Waals surface area contributed by atoms with Crippen LogP contribution >= 0.6 is 0 Å². The van der Waals surface area contributed by atoms with Gasteiger partial charge in [0.2, 0.25) is 0 Å². The Hall–Kier alpha value is -1.16. The minimum absolute atomic E-state index is 0.130. The van der Waals surface area contributed by atoms with Crippen molar-refractivity contribution in [3.05, 3.63) is 12.2 Å². The lowest BCUT2D eigenvalue weighted by molar-refractivity contribution is -0.137. The number of carbonyl (C=O) groups excluding carboxylic acids is 1. The number of ketones is 1. The molecule has 24 heavy (non-hydrogen) atoms. The molecule has 138 valence electrons.